The zero-order valence-electron chi connectivity index (χ0n) is 7.81. The SMILES string of the molecule is CC1CNCCc2cc(F)ccc21. The summed E-state index contributed by atoms with van der Waals surface area (Å²) >= 11 is 0. The van der Waals surface area contributed by atoms with Crippen LogP contribution in [0.15, 0.2) is 18.2 Å². The Morgan fingerprint density at radius 2 is 2.31 bits per heavy atom. The molecule has 1 aliphatic heterocycles. The van der Waals surface area contributed by atoms with Gasteiger partial charge in [0, 0.05) is 6.54 Å². The number of fused-ring (bicyclic) bond motifs is 1. The zero-order chi connectivity index (χ0) is 9.26. The first-order valence-corrected chi connectivity index (χ1v) is 4.76. The van der Waals surface area contributed by atoms with E-state index in [0.717, 1.165) is 25.1 Å². The van der Waals surface area contributed by atoms with Gasteiger partial charge >= 0.3 is 0 Å². The number of halogens is 1. The van der Waals surface area contributed by atoms with E-state index in [0.29, 0.717) is 5.92 Å². The summed E-state index contributed by atoms with van der Waals surface area (Å²) in [6.45, 7) is 4.13. The van der Waals surface area contributed by atoms with Crippen LogP contribution in [0.4, 0.5) is 4.39 Å². The van der Waals surface area contributed by atoms with Gasteiger partial charge in [-0.3, -0.25) is 0 Å². The van der Waals surface area contributed by atoms with Gasteiger partial charge in [-0.25, -0.2) is 4.39 Å². The second-order valence-corrected chi connectivity index (χ2v) is 3.70. The van der Waals surface area contributed by atoms with Crippen molar-refractivity contribution >= 4 is 0 Å². The number of nitrogens with one attached hydrogen (secondary N) is 1. The predicted molar refractivity (Wildman–Crippen MR) is 51.4 cm³/mol. The van der Waals surface area contributed by atoms with Crippen LogP contribution in [0.5, 0.6) is 0 Å². The molecule has 2 rings (SSSR count). The lowest BCUT2D eigenvalue weighted by Crippen LogP contribution is -2.18. The van der Waals surface area contributed by atoms with Gasteiger partial charge in [0.1, 0.15) is 5.82 Å². The fourth-order valence-corrected chi connectivity index (χ4v) is 1.92. The largest absolute Gasteiger partial charge is 0.316 e. The molecule has 70 valence electrons. The Hall–Kier alpha value is -0.890. The van der Waals surface area contributed by atoms with Crippen LogP contribution in [-0.2, 0) is 6.42 Å². The minimum Gasteiger partial charge on any atom is -0.316 e. The molecule has 13 heavy (non-hydrogen) atoms. The minimum atomic E-state index is -0.118. The summed E-state index contributed by atoms with van der Waals surface area (Å²) in [6.07, 6.45) is 0.942. The van der Waals surface area contributed by atoms with E-state index in [1.54, 1.807) is 12.1 Å². The van der Waals surface area contributed by atoms with Crippen LogP contribution in [0.2, 0.25) is 0 Å². The van der Waals surface area contributed by atoms with Crippen LogP contribution >= 0.6 is 0 Å². The number of benzene rings is 1. The highest BCUT2D eigenvalue weighted by Gasteiger charge is 2.14. The number of rotatable bonds is 0. The molecule has 1 N–H and O–H groups in total. The number of hydrogen-bond acceptors (Lipinski definition) is 1. The Morgan fingerprint density at radius 3 is 3.15 bits per heavy atom. The van der Waals surface area contributed by atoms with Crippen LogP contribution in [0.1, 0.15) is 24.0 Å². The van der Waals surface area contributed by atoms with E-state index < -0.39 is 0 Å². The van der Waals surface area contributed by atoms with Crippen LogP contribution in [0, 0.1) is 5.82 Å². The molecule has 1 heterocycles. The van der Waals surface area contributed by atoms with Gasteiger partial charge in [-0.15, -0.1) is 0 Å². The van der Waals surface area contributed by atoms with E-state index in [-0.39, 0.29) is 5.82 Å². The Bertz CT molecular complexity index is 309. The summed E-state index contributed by atoms with van der Waals surface area (Å²) in [5.41, 5.74) is 2.46. The van der Waals surface area contributed by atoms with Gasteiger partial charge in [-0.1, -0.05) is 13.0 Å². The molecule has 0 spiro atoms. The maximum absolute atomic E-state index is 12.9. The van der Waals surface area contributed by atoms with Gasteiger partial charge < -0.3 is 5.32 Å². The lowest BCUT2D eigenvalue weighted by Gasteiger charge is -2.11. The van der Waals surface area contributed by atoms with Crippen molar-refractivity contribution in [3.63, 3.8) is 0 Å². The summed E-state index contributed by atoms with van der Waals surface area (Å²) in [5, 5.41) is 3.34. The van der Waals surface area contributed by atoms with Crippen LogP contribution in [0.25, 0.3) is 0 Å². The first-order chi connectivity index (χ1) is 6.27. The van der Waals surface area contributed by atoms with E-state index in [4.69, 9.17) is 0 Å². The monoisotopic (exact) mass is 179 g/mol. The van der Waals surface area contributed by atoms with Crippen molar-refractivity contribution in [3.8, 4) is 0 Å². The van der Waals surface area contributed by atoms with Crippen molar-refractivity contribution in [2.75, 3.05) is 13.1 Å². The van der Waals surface area contributed by atoms with E-state index in [2.05, 4.69) is 12.2 Å². The molecule has 0 saturated carbocycles. The smallest absolute Gasteiger partial charge is 0.123 e. The summed E-state index contributed by atoms with van der Waals surface area (Å²) < 4.78 is 12.9. The molecule has 0 aliphatic carbocycles. The molecular formula is C11H14FN. The molecule has 0 amide bonds. The van der Waals surface area contributed by atoms with Gasteiger partial charge in [0.15, 0.2) is 0 Å². The highest BCUT2D eigenvalue weighted by atomic mass is 19.1. The van der Waals surface area contributed by atoms with Gasteiger partial charge in [0.05, 0.1) is 0 Å². The third kappa shape index (κ3) is 1.73. The molecule has 0 fully saturated rings. The quantitative estimate of drug-likeness (QED) is 0.643. The third-order valence-electron chi connectivity index (χ3n) is 2.66. The summed E-state index contributed by atoms with van der Waals surface area (Å²) in [6, 6.07) is 5.14. The predicted octanol–water partition coefficient (Wildman–Crippen LogP) is 2.07. The fourth-order valence-electron chi connectivity index (χ4n) is 1.92. The van der Waals surface area contributed by atoms with Crippen LogP contribution in [-0.4, -0.2) is 13.1 Å². The van der Waals surface area contributed by atoms with Crippen molar-refractivity contribution in [1.29, 1.82) is 0 Å². The Kier molecular flexibility index (Phi) is 2.32. The molecule has 1 aromatic carbocycles. The molecule has 0 bridgehead atoms. The molecule has 1 aromatic rings. The standard InChI is InChI=1S/C11H14FN/c1-8-7-13-5-4-9-6-10(12)2-3-11(8)9/h2-3,6,8,13H,4-5,7H2,1H3. The van der Waals surface area contributed by atoms with Crippen LogP contribution in [0.3, 0.4) is 0 Å². The van der Waals surface area contributed by atoms with Crippen molar-refractivity contribution < 1.29 is 4.39 Å². The Labute approximate surface area is 78.0 Å². The lowest BCUT2D eigenvalue weighted by atomic mass is 9.95. The summed E-state index contributed by atoms with van der Waals surface area (Å²) in [4.78, 5) is 0. The normalized spacial score (nSPS) is 22.2. The maximum atomic E-state index is 12.9. The fraction of sp³-hybridized carbons (Fsp3) is 0.455. The van der Waals surface area contributed by atoms with E-state index in [1.165, 1.54) is 5.56 Å². The molecular weight excluding hydrogens is 165 g/mol. The van der Waals surface area contributed by atoms with E-state index >= 15 is 0 Å². The first-order valence-electron chi connectivity index (χ1n) is 4.76. The summed E-state index contributed by atoms with van der Waals surface area (Å²) in [5.74, 6) is 0.381. The van der Waals surface area contributed by atoms with Crippen molar-refractivity contribution in [1.82, 2.24) is 5.32 Å². The third-order valence-corrected chi connectivity index (χ3v) is 2.66. The molecule has 0 saturated heterocycles. The number of hydrogen-bond donors (Lipinski definition) is 1. The first kappa shape index (κ1) is 8.70. The molecule has 1 atom stereocenters. The van der Waals surface area contributed by atoms with Gasteiger partial charge in [-0.05, 0) is 42.1 Å². The Morgan fingerprint density at radius 1 is 1.46 bits per heavy atom. The molecule has 1 nitrogen and oxygen atoms in total. The van der Waals surface area contributed by atoms with Gasteiger partial charge in [0.25, 0.3) is 0 Å². The van der Waals surface area contributed by atoms with Crippen molar-refractivity contribution in [2.45, 2.75) is 19.3 Å². The Balaban J connectivity index is 2.42. The molecule has 0 radical (unpaired) electrons. The molecule has 1 unspecified atom stereocenters. The van der Waals surface area contributed by atoms with Crippen molar-refractivity contribution in [2.24, 2.45) is 0 Å². The molecule has 0 aromatic heterocycles. The zero-order valence-corrected chi connectivity index (χ0v) is 7.81. The van der Waals surface area contributed by atoms with Gasteiger partial charge in [-0.2, -0.15) is 0 Å². The van der Waals surface area contributed by atoms with E-state index in [1.807, 2.05) is 6.07 Å². The maximum Gasteiger partial charge on any atom is 0.123 e. The summed E-state index contributed by atoms with van der Waals surface area (Å²) in [7, 11) is 0. The van der Waals surface area contributed by atoms with Crippen molar-refractivity contribution in [3.05, 3.63) is 35.1 Å². The van der Waals surface area contributed by atoms with Gasteiger partial charge in [0.2, 0.25) is 0 Å². The topological polar surface area (TPSA) is 12.0 Å². The highest BCUT2D eigenvalue weighted by molar-refractivity contribution is 5.32. The lowest BCUT2D eigenvalue weighted by molar-refractivity contribution is 0.623. The average Bonchev–Trinajstić information content (AvgIpc) is 2.28. The minimum absolute atomic E-state index is 0.118. The molecule has 1 aliphatic rings. The second-order valence-electron chi connectivity index (χ2n) is 3.70. The average molecular weight is 179 g/mol. The van der Waals surface area contributed by atoms with Crippen LogP contribution < -0.4 is 5.32 Å². The highest BCUT2D eigenvalue weighted by Crippen LogP contribution is 2.22. The second kappa shape index (κ2) is 3.46. The van der Waals surface area contributed by atoms with E-state index in [9.17, 15) is 4.39 Å². The molecule has 2 heteroatoms.